The average Bonchev–Trinajstić information content (AvgIpc) is 2.90. The molecule has 1 fully saturated rings. The highest BCUT2D eigenvalue weighted by molar-refractivity contribution is 5.84. The number of hydrogen-bond acceptors (Lipinski definition) is 3. The van der Waals surface area contributed by atoms with E-state index in [1.807, 2.05) is 50.2 Å². The number of aliphatic hydroxyl groups excluding tert-OH is 1. The van der Waals surface area contributed by atoms with E-state index < -0.39 is 5.54 Å². The van der Waals surface area contributed by atoms with Gasteiger partial charge in [0.1, 0.15) is 6.04 Å². The first-order valence-electron chi connectivity index (χ1n) is 7.64. The molecule has 0 aliphatic heterocycles. The number of likely N-dealkylation sites (N-methyl/N-ethyl adjacent to an activating group) is 1. The summed E-state index contributed by atoms with van der Waals surface area (Å²) in [6.45, 7) is 2.04. The molecule has 1 aliphatic carbocycles. The summed E-state index contributed by atoms with van der Waals surface area (Å²) in [6.07, 6.45) is 3.86. The quantitative estimate of drug-likeness (QED) is 0.872. The average molecular weight is 290 g/mol. The van der Waals surface area contributed by atoms with Crippen molar-refractivity contribution in [1.29, 1.82) is 0 Å². The van der Waals surface area contributed by atoms with E-state index in [0.29, 0.717) is 0 Å². The number of rotatable bonds is 5. The monoisotopic (exact) mass is 290 g/mol. The fourth-order valence-electron chi connectivity index (χ4n) is 3.25. The van der Waals surface area contributed by atoms with Crippen molar-refractivity contribution in [2.24, 2.45) is 0 Å². The maximum absolute atomic E-state index is 12.8. The van der Waals surface area contributed by atoms with Crippen LogP contribution < -0.4 is 5.32 Å². The van der Waals surface area contributed by atoms with E-state index >= 15 is 0 Å². The van der Waals surface area contributed by atoms with Crippen LogP contribution >= 0.6 is 0 Å². The molecule has 4 nitrogen and oxygen atoms in total. The summed E-state index contributed by atoms with van der Waals surface area (Å²) in [5, 5.41) is 12.8. The van der Waals surface area contributed by atoms with Gasteiger partial charge in [-0.1, -0.05) is 37.1 Å². The molecular formula is C17H26N2O2. The molecule has 0 radical (unpaired) electrons. The highest BCUT2D eigenvalue weighted by Gasteiger charge is 2.37. The number of aryl methyl sites for hydroxylation is 1. The Bertz CT molecular complexity index is 493. The minimum absolute atomic E-state index is 0.0205. The Morgan fingerprint density at radius 3 is 2.48 bits per heavy atom. The van der Waals surface area contributed by atoms with Gasteiger partial charge in [-0.15, -0.1) is 0 Å². The van der Waals surface area contributed by atoms with Gasteiger partial charge in [-0.25, -0.2) is 0 Å². The summed E-state index contributed by atoms with van der Waals surface area (Å²) in [6, 6.07) is 7.64. The van der Waals surface area contributed by atoms with E-state index in [-0.39, 0.29) is 18.6 Å². The molecule has 1 aliphatic rings. The molecule has 1 atom stereocenters. The van der Waals surface area contributed by atoms with Crippen LogP contribution in [0.5, 0.6) is 0 Å². The van der Waals surface area contributed by atoms with Crippen LogP contribution in [0, 0.1) is 6.92 Å². The molecule has 0 bridgehead atoms. The molecule has 0 heterocycles. The number of nitrogens with one attached hydrogen (secondary N) is 1. The first-order valence-corrected chi connectivity index (χ1v) is 7.64. The van der Waals surface area contributed by atoms with Crippen LogP contribution in [0.4, 0.5) is 0 Å². The van der Waals surface area contributed by atoms with Crippen LogP contribution in [0.15, 0.2) is 24.3 Å². The normalized spacial score (nSPS) is 18.7. The first kappa shape index (κ1) is 16.0. The fraction of sp³-hybridized carbons (Fsp3) is 0.588. The number of aliphatic hydroxyl groups is 1. The Hall–Kier alpha value is -1.39. The van der Waals surface area contributed by atoms with E-state index in [1.54, 1.807) is 0 Å². The van der Waals surface area contributed by atoms with Crippen LogP contribution in [0.3, 0.4) is 0 Å². The van der Waals surface area contributed by atoms with Crippen LogP contribution in [0.25, 0.3) is 0 Å². The van der Waals surface area contributed by atoms with Gasteiger partial charge in [-0.3, -0.25) is 9.69 Å². The van der Waals surface area contributed by atoms with Gasteiger partial charge in [0.25, 0.3) is 0 Å². The summed E-state index contributed by atoms with van der Waals surface area (Å²) in [7, 11) is 3.83. The van der Waals surface area contributed by atoms with Crippen LogP contribution in [0.2, 0.25) is 0 Å². The van der Waals surface area contributed by atoms with Crippen LogP contribution in [-0.4, -0.2) is 42.2 Å². The third-order valence-electron chi connectivity index (χ3n) is 4.50. The number of hydrogen-bond donors (Lipinski definition) is 2. The van der Waals surface area contributed by atoms with Gasteiger partial charge in [-0.05, 0) is 45.0 Å². The second-order valence-electron chi connectivity index (χ2n) is 6.36. The van der Waals surface area contributed by atoms with Gasteiger partial charge >= 0.3 is 0 Å². The van der Waals surface area contributed by atoms with E-state index in [2.05, 4.69) is 5.32 Å². The first-order chi connectivity index (χ1) is 9.99. The number of carbonyl (C=O) groups excluding carboxylic acids is 1. The van der Waals surface area contributed by atoms with E-state index in [9.17, 15) is 9.90 Å². The van der Waals surface area contributed by atoms with Crippen molar-refractivity contribution in [2.45, 2.75) is 44.2 Å². The lowest BCUT2D eigenvalue weighted by atomic mass is 9.95. The summed E-state index contributed by atoms with van der Waals surface area (Å²) in [4.78, 5) is 14.7. The molecule has 1 saturated carbocycles. The highest BCUT2D eigenvalue weighted by Crippen LogP contribution is 2.31. The lowest BCUT2D eigenvalue weighted by molar-refractivity contribution is -0.128. The third kappa shape index (κ3) is 3.44. The molecule has 0 spiro atoms. The summed E-state index contributed by atoms with van der Waals surface area (Å²) in [5.74, 6) is -0.0229. The zero-order valence-corrected chi connectivity index (χ0v) is 13.2. The molecule has 1 amide bonds. The zero-order valence-electron chi connectivity index (χ0n) is 13.2. The Balaban J connectivity index is 2.23. The van der Waals surface area contributed by atoms with Gasteiger partial charge in [-0.2, -0.15) is 0 Å². The maximum atomic E-state index is 12.8. The molecule has 116 valence electrons. The molecular weight excluding hydrogens is 264 g/mol. The molecule has 21 heavy (non-hydrogen) atoms. The smallest absolute Gasteiger partial charge is 0.242 e. The number of nitrogens with zero attached hydrogens (tertiary/aromatic N) is 1. The molecule has 2 rings (SSSR count). The summed E-state index contributed by atoms with van der Waals surface area (Å²) in [5.41, 5.74) is 1.70. The molecule has 4 heteroatoms. The topological polar surface area (TPSA) is 52.6 Å². The predicted molar refractivity (Wildman–Crippen MR) is 84.0 cm³/mol. The van der Waals surface area contributed by atoms with Gasteiger partial charge in [0.05, 0.1) is 12.1 Å². The van der Waals surface area contributed by atoms with Crippen molar-refractivity contribution in [1.82, 2.24) is 10.2 Å². The SMILES string of the molecule is Cc1ccccc1[C@@H](C(=O)NC1(CO)CCCC1)N(C)C. The van der Waals surface area contributed by atoms with Gasteiger partial charge < -0.3 is 10.4 Å². The minimum Gasteiger partial charge on any atom is -0.394 e. The minimum atomic E-state index is -0.423. The van der Waals surface area contributed by atoms with E-state index in [1.165, 1.54) is 0 Å². The zero-order chi connectivity index (χ0) is 15.5. The predicted octanol–water partition coefficient (Wildman–Crippen LogP) is 2.02. The third-order valence-corrected chi connectivity index (χ3v) is 4.50. The molecule has 0 aromatic heterocycles. The standard InChI is InChI=1S/C17H26N2O2/c1-13-8-4-5-9-14(13)15(19(2)3)16(21)18-17(12-20)10-6-7-11-17/h4-5,8-9,15,20H,6-7,10-12H2,1-3H3,(H,18,21)/t15-/m0/s1. The van der Waals surface area contributed by atoms with Crippen molar-refractivity contribution in [3.8, 4) is 0 Å². The summed E-state index contributed by atoms with van der Waals surface area (Å²) < 4.78 is 0. The van der Waals surface area contributed by atoms with E-state index in [0.717, 1.165) is 36.8 Å². The Morgan fingerprint density at radius 2 is 1.95 bits per heavy atom. The highest BCUT2D eigenvalue weighted by atomic mass is 16.3. The fourth-order valence-corrected chi connectivity index (χ4v) is 3.25. The van der Waals surface area contributed by atoms with Crippen LogP contribution in [0.1, 0.15) is 42.9 Å². The lowest BCUT2D eigenvalue weighted by Gasteiger charge is -2.33. The largest absolute Gasteiger partial charge is 0.394 e. The molecule has 2 N–H and O–H groups in total. The second kappa shape index (κ2) is 6.58. The lowest BCUT2D eigenvalue weighted by Crippen LogP contribution is -2.52. The van der Waals surface area contributed by atoms with Crippen molar-refractivity contribution < 1.29 is 9.90 Å². The molecule has 0 unspecified atom stereocenters. The Morgan fingerprint density at radius 1 is 1.33 bits per heavy atom. The molecule has 1 aromatic rings. The summed E-state index contributed by atoms with van der Waals surface area (Å²) >= 11 is 0. The Kier molecular flexibility index (Phi) is 5.01. The van der Waals surface area contributed by atoms with Crippen molar-refractivity contribution in [3.05, 3.63) is 35.4 Å². The Labute approximate surface area is 127 Å². The van der Waals surface area contributed by atoms with Crippen LogP contribution in [-0.2, 0) is 4.79 Å². The van der Waals surface area contributed by atoms with Crippen molar-refractivity contribution in [2.75, 3.05) is 20.7 Å². The number of benzene rings is 1. The molecule has 1 aromatic carbocycles. The van der Waals surface area contributed by atoms with Crippen molar-refractivity contribution >= 4 is 5.91 Å². The number of amides is 1. The number of carbonyl (C=O) groups is 1. The van der Waals surface area contributed by atoms with Gasteiger partial charge in [0, 0.05) is 0 Å². The molecule has 0 saturated heterocycles. The van der Waals surface area contributed by atoms with Crippen molar-refractivity contribution in [3.63, 3.8) is 0 Å². The van der Waals surface area contributed by atoms with E-state index in [4.69, 9.17) is 0 Å². The van der Waals surface area contributed by atoms with Gasteiger partial charge in [0.2, 0.25) is 5.91 Å². The maximum Gasteiger partial charge on any atom is 0.242 e. The van der Waals surface area contributed by atoms with Gasteiger partial charge in [0.15, 0.2) is 0 Å². The second-order valence-corrected chi connectivity index (χ2v) is 6.36.